The molecule has 0 aliphatic carbocycles. The minimum Gasteiger partial charge on any atom is -0.455 e. The van der Waals surface area contributed by atoms with Crippen LogP contribution in [-0.2, 0) is 0 Å². The first-order chi connectivity index (χ1) is 28.2. The molecule has 57 heavy (non-hydrogen) atoms. The second-order valence-corrected chi connectivity index (χ2v) is 15.1. The third kappa shape index (κ3) is 5.08. The van der Waals surface area contributed by atoms with Gasteiger partial charge in [-0.15, -0.1) is 11.3 Å². The van der Waals surface area contributed by atoms with Crippen LogP contribution in [0.15, 0.2) is 173 Å². The lowest BCUT2D eigenvalue weighted by Gasteiger charge is -2.10. The summed E-state index contributed by atoms with van der Waals surface area (Å²) in [5, 5.41) is 5.21. The molecule has 12 rings (SSSR count). The average Bonchev–Trinajstić information content (AvgIpc) is 3.97. The van der Waals surface area contributed by atoms with Crippen LogP contribution < -0.4 is 0 Å². The number of aromatic nitrogens is 5. The van der Waals surface area contributed by atoms with E-state index in [0.29, 0.717) is 40.0 Å². The maximum atomic E-state index is 6.79. The second kappa shape index (κ2) is 12.5. The summed E-state index contributed by atoms with van der Waals surface area (Å²) >= 11 is 1.78. The molecule has 7 nitrogen and oxygen atoms in total. The molecule has 0 saturated heterocycles. The Kier molecular flexibility index (Phi) is 6.96. The van der Waals surface area contributed by atoms with E-state index in [1.165, 1.54) is 14.8 Å². The van der Waals surface area contributed by atoms with Gasteiger partial charge in [0.15, 0.2) is 28.9 Å². The quantitative estimate of drug-likeness (QED) is 0.173. The van der Waals surface area contributed by atoms with E-state index in [0.717, 1.165) is 66.2 Å². The molecule has 5 aromatic heterocycles. The molecule has 266 valence electrons. The van der Waals surface area contributed by atoms with Crippen molar-refractivity contribution < 1.29 is 8.83 Å². The number of benzene rings is 7. The topological polar surface area (TPSA) is 90.7 Å². The molecule has 0 aliphatic heterocycles. The summed E-state index contributed by atoms with van der Waals surface area (Å²) in [5.41, 5.74) is 8.79. The number of fused-ring (bicyclic) bond motifs is 9. The summed E-state index contributed by atoms with van der Waals surface area (Å²) in [6.07, 6.45) is 0. The normalized spacial score (nSPS) is 11.9. The van der Waals surface area contributed by atoms with Crippen LogP contribution in [0.2, 0.25) is 0 Å². The molecule has 0 bridgehead atoms. The lowest BCUT2D eigenvalue weighted by molar-refractivity contribution is 0.667. The number of thiophene rings is 1. The van der Waals surface area contributed by atoms with Crippen LogP contribution in [0.3, 0.4) is 0 Å². The third-order valence-electron chi connectivity index (χ3n) is 10.6. The van der Waals surface area contributed by atoms with E-state index >= 15 is 0 Å². The van der Waals surface area contributed by atoms with Gasteiger partial charge >= 0.3 is 0 Å². The van der Waals surface area contributed by atoms with E-state index in [2.05, 4.69) is 60.7 Å². The van der Waals surface area contributed by atoms with Crippen molar-refractivity contribution in [3.8, 4) is 56.8 Å². The van der Waals surface area contributed by atoms with Gasteiger partial charge in [0.25, 0.3) is 0 Å². The Hall–Kier alpha value is -7.55. The lowest BCUT2D eigenvalue weighted by Crippen LogP contribution is -2.00. The maximum Gasteiger partial charge on any atom is 0.180 e. The highest BCUT2D eigenvalue weighted by molar-refractivity contribution is 7.25. The Labute approximate surface area is 328 Å². The fraction of sp³-hybridized carbons (Fsp3) is 0. The zero-order valence-corrected chi connectivity index (χ0v) is 30.9. The van der Waals surface area contributed by atoms with Crippen LogP contribution in [0, 0.1) is 0 Å². The molecular formula is C49H27N5O2S. The zero-order chi connectivity index (χ0) is 37.5. The molecule has 0 saturated carbocycles. The first kappa shape index (κ1) is 31.8. The number of nitrogens with zero attached hydrogens (tertiary/aromatic N) is 5. The van der Waals surface area contributed by atoms with E-state index in [1.54, 1.807) is 11.3 Å². The van der Waals surface area contributed by atoms with E-state index < -0.39 is 0 Å². The van der Waals surface area contributed by atoms with Crippen molar-refractivity contribution in [1.82, 2.24) is 24.9 Å². The van der Waals surface area contributed by atoms with E-state index in [4.69, 9.17) is 33.8 Å². The summed E-state index contributed by atoms with van der Waals surface area (Å²) < 4.78 is 15.5. The number of hydrogen-bond acceptors (Lipinski definition) is 8. The smallest absolute Gasteiger partial charge is 0.180 e. The molecule has 12 aromatic rings. The van der Waals surface area contributed by atoms with E-state index in [-0.39, 0.29) is 0 Å². The number of para-hydroxylation sites is 2. The highest BCUT2D eigenvalue weighted by atomic mass is 32.1. The first-order valence-electron chi connectivity index (χ1n) is 18.7. The van der Waals surface area contributed by atoms with Gasteiger partial charge in [0.05, 0.1) is 5.56 Å². The van der Waals surface area contributed by atoms with Gasteiger partial charge in [-0.05, 0) is 42.5 Å². The standard InChI is InChI=1S/C49H27N5O2S/c1-3-13-28(14-4-1)42-45-43(33-17-7-9-22-37(33)55-45)51-47(50-42)30-25-26-31-32-19-11-21-36(44(32)56-38(31)27-30)49-53-46(29-15-5-2-6-16-29)52-48(54-49)35-20-12-24-40-41(35)34-18-8-10-23-39(34)57-40/h1-27H. The second-order valence-electron chi connectivity index (χ2n) is 14.0. The fourth-order valence-corrected chi connectivity index (χ4v) is 9.05. The summed E-state index contributed by atoms with van der Waals surface area (Å²) in [5.74, 6) is 2.32. The van der Waals surface area contributed by atoms with Crippen molar-refractivity contribution in [2.24, 2.45) is 0 Å². The molecule has 7 aromatic carbocycles. The van der Waals surface area contributed by atoms with Gasteiger partial charge in [-0.3, -0.25) is 0 Å². The minimum absolute atomic E-state index is 0.536. The van der Waals surface area contributed by atoms with Crippen LogP contribution in [-0.4, -0.2) is 24.9 Å². The molecule has 0 spiro atoms. The summed E-state index contributed by atoms with van der Waals surface area (Å²) in [7, 11) is 0. The minimum atomic E-state index is 0.536. The SMILES string of the molecule is c1ccc(-c2nc(-c3cccc4c3oc3cc(-c5nc(-c6ccccc6)c6oc7ccccc7c6n5)ccc34)nc(-c3cccc4sc5ccccc5c34)n2)cc1. The van der Waals surface area contributed by atoms with Crippen molar-refractivity contribution in [2.45, 2.75) is 0 Å². The molecule has 0 aliphatic rings. The van der Waals surface area contributed by atoms with Crippen molar-refractivity contribution in [3.63, 3.8) is 0 Å². The van der Waals surface area contributed by atoms with Gasteiger partial charge in [0, 0.05) is 58.6 Å². The molecule has 0 N–H and O–H groups in total. The van der Waals surface area contributed by atoms with Crippen molar-refractivity contribution >= 4 is 75.5 Å². The lowest BCUT2D eigenvalue weighted by atomic mass is 10.0. The van der Waals surface area contributed by atoms with Gasteiger partial charge in [-0.2, -0.15) is 0 Å². The molecule has 0 amide bonds. The molecule has 5 heterocycles. The maximum absolute atomic E-state index is 6.79. The molecule has 0 atom stereocenters. The summed E-state index contributed by atoms with van der Waals surface area (Å²) in [4.78, 5) is 25.6. The van der Waals surface area contributed by atoms with Gasteiger partial charge in [0.2, 0.25) is 0 Å². The summed E-state index contributed by atoms with van der Waals surface area (Å²) in [6, 6.07) is 55.3. The van der Waals surface area contributed by atoms with Crippen molar-refractivity contribution in [3.05, 3.63) is 164 Å². The van der Waals surface area contributed by atoms with Gasteiger partial charge < -0.3 is 8.83 Å². The Bertz CT molecular complexity index is 3540. The third-order valence-corrected chi connectivity index (χ3v) is 11.7. The van der Waals surface area contributed by atoms with Crippen LogP contribution in [0.4, 0.5) is 0 Å². The molecular weight excluding hydrogens is 723 g/mol. The number of furan rings is 2. The van der Waals surface area contributed by atoms with Crippen LogP contribution in [0.5, 0.6) is 0 Å². The Balaban J connectivity index is 1.05. The number of hydrogen-bond donors (Lipinski definition) is 0. The molecule has 0 radical (unpaired) electrons. The molecule has 8 heteroatoms. The van der Waals surface area contributed by atoms with Crippen molar-refractivity contribution in [1.29, 1.82) is 0 Å². The molecule has 0 fully saturated rings. The van der Waals surface area contributed by atoms with Crippen LogP contribution >= 0.6 is 11.3 Å². The monoisotopic (exact) mass is 749 g/mol. The van der Waals surface area contributed by atoms with Gasteiger partial charge in [-0.25, -0.2) is 24.9 Å². The first-order valence-corrected chi connectivity index (χ1v) is 19.5. The largest absolute Gasteiger partial charge is 0.455 e. The Morgan fingerprint density at radius 1 is 0.368 bits per heavy atom. The van der Waals surface area contributed by atoms with Gasteiger partial charge in [0.1, 0.15) is 28.0 Å². The van der Waals surface area contributed by atoms with Gasteiger partial charge in [-0.1, -0.05) is 121 Å². The highest BCUT2D eigenvalue weighted by Gasteiger charge is 2.22. The predicted molar refractivity (Wildman–Crippen MR) is 230 cm³/mol. The Morgan fingerprint density at radius 2 is 1.00 bits per heavy atom. The predicted octanol–water partition coefficient (Wildman–Crippen LogP) is 13.2. The molecule has 0 unspecified atom stereocenters. The number of rotatable bonds is 5. The van der Waals surface area contributed by atoms with E-state index in [1.807, 2.05) is 103 Å². The van der Waals surface area contributed by atoms with E-state index in [9.17, 15) is 0 Å². The van der Waals surface area contributed by atoms with Crippen LogP contribution in [0.25, 0.3) is 121 Å². The van der Waals surface area contributed by atoms with Crippen molar-refractivity contribution in [2.75, 3.05) is 0 Å². The summed E-state index contributed by atoms with van der Waals surface area (Å²) in [6.45, 7) is 0. The average molecular weight is 750 g/mol. The highest BCUT2D eigenvalue weighted by Crippen LogP contribution is 2.42. The van der Waals surface area contributed by atoms with Crippen LogP contribution in [0.1, 0.15) is 0 Å². The fourth-order valence-electron chi connectivity index (χ4n) is 7.92. The Morgan fingerprint density at radius 3 is 1.86 bits per heavy atom. The zero-order valence-electron chi connectivity index (χ0n) is 30.0.